The molecule has 0 fully saturated rings. The van der Waals surface area contributed by atoms with Gasteiger partial charge in [-0.2, -0.15) is 0 Å². The number of halogens is 3. The first-order chi connectivity index (χ1) is 15.4. The third-order valence-corrected chi connectivity index (χ3v) is 5.03. The largest absolute Gasteiger partial charge is 0.573 e. The van der Waals surface area contributed by atoms with E-state index in [-0.39, 0.29) is 12.4 Å². The van der Waals surface area contributed by atoms with Crippen molar-refractivity contribution in [3.63, 3.8) is 0 Å². The van der Waals surface area contributed by atoms with Gasteiger partial charge in [0.25, 0.3) is 0 Å². The second kappa shape index (κ2) is 11.9. The summed E-state index contributed by atoms with van der Waals surface area (Å²) in [6.07, 6.45) is -3.16. The minimum Gasteiger partial charge on any atom is -0.482 e. The van der Waals surface area contributed by atoms with Crippen molar-refractivity contribution in [3.05, 3.63) is 53.6 Å². The lowest BCUT2D eigenvalue weighted by Crippen LogP contribution is -2.27. The lowest BCUT2D eigenvalue weighted by molar-refractivity contribution is -0.274. The van der Waals surface area contributed by atoms with E-state index in [1.54, 1.807) is 11.8 Å². The van der Waals surface area contributed by atoms with Crippen LogP contribution in [0.4, 0.5) is 13.2 Å². The molecule has 0 aliphatic heterocycles. The topological polar surface area (TPSA) is 44.8 Å². The second-order valence-electron chi connectivity index (χ2n) is 8.13. The number of alkyl halides is 3. The Hall–Kier alpha value is -2.79. The van der Waals surface area contributed by atoms with Crippen molar-refractivity contribution < 1.29 is 32.2 Å². The molecule has 0 radical (unpaired) electrons. The number of esters is 1. The number of unbranched alkanes of at least 4 members (excludes halogenated alkanes) is 1. The first-order valence-electron chi connectivity index (χ1n) is 10.3. The molecule has 4 nitrogen and oxygen atoms in total. The van der Waals surface area contributed by atoms with Gasteiger partial charge in [-0.1, -0.05) is 11.8 Å². The molecule has 0 unspecified atom stereocenters. The summed E-state index contributed by atoms with van der Waals surface area (Å²) < 4.78 is 51.1. The number of aryl methyl sites for hydroxylation is 1. The summed E-state index contributed by atoms with van der Waals surface area (Å²) in [5.74, 6) is 6.80. The van der Waals surface area contributed by atoms with Gasteiger partial charge < -0.3 is 14.2 Å². The Morgan fingerprint density at radius 2 is 1.76 bits per heavy atom. The molecule has 2 aromatic carbocycles. The van der Waals surface area contributed by atoms with Crippen LogP contribution in [0.2, 0.25) is 0 Å². The van der Waals surface area contributed by atoms with E-state index < -0.39 is 17.9 Å². The Kier molecular flexibility index (Phi) is 9.54. The van der Waals surface area contributed by atoms with Gasteiger partial charge in [0.1, 0.15) is 17.1 Å². The molecule has 0 heterocycles. The van der Waals surface area contributed by atoms with E-state index in [0.717, 1.165) is 22.6 Å². The zero-order valence-electron chi connectivity index (χ0n) is 19.0. The Morgan fingerprint density at radius 1 is 1.06 bits per heavy atom. The maximum absolute atomic E-state index is 12.2. The summed E-state index contributed by atoms with van der Waals surface area (Å²) in [6, 6.07) is 11.3. The molecule has 2 aromatic rings. The SMILES string of the molecule is Cc1cc(SCCCC#Cc2ccc(OC(F)(F)F)cc2)ccc1OCC(=O)OC(C)(C)C. The summed E-state index contributed by atoms with van der Waals surface area (Å²) in [7, 11) is 0. The van der Waals surface area contributed by atoms with E-state index >= 15 is 0 Å². The van der Waals surface area contributed by atoms with Crippen LogP contribution in [-0.2, 0) is 9.53 Å². The number of hydrogen-bond donors (Lipinski definition) is 0. The van der Waals surface area contributed by atoms with Gasteiger partial charge in [0.2, 0.25) is 0 Å². The van der Waals surface area contributed by atoms with E-state index in [1.807, 2.05) is 45.9 Å². The predicted octanol–water partition coefficient (Wildman–Crippen LogP) is 6.54. The highest BCUT2D eigenvalue weighted by atomic mass is 32.2. The molecule has 0 aromatic heterocycles. The Labute approximate surface area is 196 Å². The van der Waals surface area contributed by atoms with E-state index in [9.17, 15) is 18.0 Å². The molecule has 0 spiro atoms. The monoisotopic (exact) mass is 480 g/mol. The molecule has 0 aliphatic rings. The molecule has 33 heavy (non-hydrogen) atoms. The van der Waals surface area contributed by atoms with Gasteiger partial charge in [0.15, 0.2) is 6.61 Å². The number of rotatable bonds is 8. The maximum Gasteiger partial charge on any atom is 0.573 e. The first-order valence-corrected chi connectivity index (χ1v) is 11.3. The Morgan fingerprint density at radius 3 is 2.36 bits per heavy atom. The van der Waals surface area contributed by atoms with E-state index in [4.69, 9.17) is 9.47 Å². The fourth-order valence-corrected chi connectivity index (χ4v) is 3.59. The molecule has 0 saturated heterocycles. The molecule has 0 bridgehead atoms. The average Bonchev–Trinajstić information content (AvgIpc) is 2.68. The fraction of sp³-hybridized carbons (Fsp3) is 0.400. The summed E-state index contributed by atoms with van der Waals surface area (Å²) in [5.41, 5.74) is 1.02. The van der Waals surface area contributed by atoms with Crippen molar-refractivity contribution in [3.8, 4) is 23.3 Å². The zero-order valence-corrected chi connectivity index (χ0v) is 19.9. The smallest absolute Gasteiger partial charge is 0.482 e. The quantitative estimate of drug-likeness (QED) is 0.186. The number of ether oxygens (including phenoxy) is 3. The third kappa shape index (κ3) is 11.1. The highest BCUT2D eigenvalue weighted by molar-refractivity contribution is 7.99. The fourth-order valence-electron chi connectivity index (χ4n) is 2.64. The minimum atomic E-state index is -4.70. The number of benzene rings is 2. The first kappa shape index (κ1) is 26.5. The predicted molar refractivity (Wildman–Crippen MR) is 122 cm³/mol. The van der Waals surface area contributed by atoms with Crippen LogP contribution in [0.1, 0.15) is 44.7 Å². The lowest BCUT2D eigenvalue weighted by atomic mass is 10.2. The third-order valence-electron chi connectivity index (χ3n) is 3.95. The van der Waals surface area contributed by atoms with Crippen molar-refractivity contribution in [1.29, 1.82) is 0 Å². The molecule has 8 heteroatoms. The molecular formula is C25H27F3O4S. The van der Waals surface area contributed by atoms with Crippen LogP contribution in [-0.4, -0.2) is 30.3 Å². The van der Waals surface area contributed by atoms with E-state index in [0.29, 0.717) is 17.7 Å². The number of carbonyl (C=O) groups excluding carboxylic acids is 1. The van der Waals surface area contributed by atoms with E-state index in [2.05, 4.69) is 16.6 Å². The van der Waals surface area contributed by atoms with Gasteiger partial charge in [-0.3, -0.25) is 0 Å². The molecule has 0 saturated carbocycles. The van der Waals surface area contributed by atoms with Gasteiger partial charge >= 0.3 is 12.3 Å². The lowest BCUT2D eigenvalue weighted by Gasteiger charge is -2.19. The minimum absolute atomic E-state index is 0.138. The summed E-state index contributed by atoms with van der Waals surface area (Å²) in [6.45, 7) is 7.21. The van der Waals surface area contributed by atoms with Gasteiger partial charge in [0.05, 0.1) is 0 Å². The molecule has 0 N–H and O–H groups in total. The van der Waals surface area contributed by atoms with Gasteiger partial charge in [-0.05, 0) is 87.9 Å². The van der Waals surface area contributed by atoms with Crippen molar-refractivity contribution in [2.75, 3.05) is 12.4 Å². The summed E-state index contributed by atoms with van der Waals surface area (Å²) in [4.78, 5) is 12.9. The van der Waals surface area contributed by atoms with Crippen LogP contribution in [0.3, 0.4) is 0 Å². The van der Waals surface area contributed by atoms with Crippen LogP contribution >= 0.6 is 11.8 Å². The van der Waals surface area contributed by atoms with Crippen molar-refractivity contribution >= 4 is 17.7 Å². The van der Waals surface area contributed by atoms with Gasteiger partial charge in [-0.25, -0.2) is 4.79 Å². The van der Waals surface area contributed by atoms with Gasteiger partial charge in [0, 0.05) is 16.9 Å². The number of carbonyl (C=O) groups is 1. The van der Waals surface area contributed by atoms with Crippen LogP contribution in [0.15, 0.2) is 47.4 Å². The van der Waals surface area contributed by atoms with Crippen molar-refractivity contribution in [1.82, 2.24) is 0 Å². The van der Waals surface area contributed by atoms with E-state index in [1.165, 1.54) is 24.3 Å². The van der Waals surface area contributed by atoms with Gasteiger partial charge in [-0.15, -0.1) is 24.9 Å². The zero-order chi connectivity index (χ0) is 24.5. The van der Waals surface area contributed by atoms with Crippen LogP contribution in [0, 0.1) is 18.8 Å². The molecular weight excluding hydrogens is 453 g/mol. The molecule has 0 aliphatic carbocycles. The maximum atomic E-state index is 12.2. The normalized spacial score (nSPS) is 11.4. The average molecular weight is 481 g/mol. The summed E-state index contributed by atoms with van der Waals surface area (Å²) >= 11 is 1.69. The summed E-state index contributed by atoms with van der Waals surface area (Å²) in [5, 5.41) is 0. The standard InChI is InChI=1S/C25H27F3O4S/c1-18-16-21(13-14-22(18)30-17-23(29)32-24(2,3)4)33-15-7-5-6-8-19-9-11-20(12-10-19)31-25(26,27)28/h9-14,16H,5,7,15,17H2,1-4H3. The number of thioether (sulfide) groups is 1. The molecule has 0 amide bonds. The molecule has 2 rings (SSSR count). The highest BCUT2D eigenvalue weighted by Gasteiger charge is 2.30. The highest BCUT2D eigenvalue weighted by Crippen LogP contribution is 2.26. The van der Waals surface area contributed by atoms with Crippen molar-refractivity contribution in [2.24, 2.45) is 0 Å². The van der Waals surface area contributed by atoms with Crippen LogP contribution in [0.25, 0.3) is 0 Å². The van der Waals surface area contributed by atoms with Crippen molar-refractivity contribution in [2.45, 2.75) is 57.4 Å². The molecule has 178 valence electrons. The molecule has 0 atom stereocenters. The Balaban J connectivity index is 1.73. The second-order valence-corrected chi connectivity index (χ2v) is 9.30. The van der Waals surface area contributed by atoms with Crippen LogP contribution < -0.4 is 9.47 Å². The number of hydrogen-bond acceptors (Lipinski definition) is 5. The Bertz CT molecular complexity index is 984. The van der Waals surface area contributed by atoms with Crippen LogP contribution in [0.5, 0.6) is 11.5 Å².